The van der Waals surface area contributed by atoms with Crippen molar-refractivity contribution in [2.24, 2.45) is 5.41 Å². The summed E-state index contributed by atoms with van der Waals surface area (Å²) in [4.78, 5) is 12.7. The molecule has 2 aromatic rings. The Bertz CT molecular complexity index is 687. The molecule has 2 atom stereocenters. The van der Waals surface area contributed by atoms with Gasteiger partial charge in [0, 0.05) is 24.4 Å². The molecule has 0 fully saturated rings. The molecule has 138 valence electrons. The minimum absolute atomic E-state index is 0.230. The van der Waals surface area contributed by atoms with Gasteiger partial charge in [-0.05, 0) is 44.7 Å². The van der Waals surface area contributed by atoms with Gasteiger partial charge in [0.15, 0.2) is 6.29 Å². The van der Waals surface area contributed by atoms with Crippen LogP contribution in [-0.2, 0) is 16.0 Å². The molecule has 0 saturated heterocycles. The Balaban J connectivity index is 1.98. The lowest BCUT2D eigenvalue weighted by atomic mass is 9.83. The fourth-order valence-electron chi connectivity index (χ4n) is 2.86. The Morgan fingerprint density at radius 2 is 2.20 bits per heavy atom. The molecule has 0 aliphatic heterocycles. The molecule has 0 aliphatic rings. The Morgan fingerprint density at radius 1 is 1.44 bits per heavy atom. The van der Waals surface area contributed by atoms with E-state index in [1.54, 1.807) is 20.1 Å². The fraction of sp³-hybridized carbons (Fsp3) is 0.526. The van der Waals surface area contributed by atoms with Gasteiger partial charge in [-0.25, -0.2) is 0 Å². The van der Waals surface area contributed by atoms with Crippen LogP contribution < -0.4 is 5.32 Å². The van der Waals surface area contributed by atoms with Gasteiger partial charge >= 0.3 is 0 Å². The van der Waals surface area contributed by atoms with E-state index in [-0.39, 0.29) is 5.91 Å². The Labute approximate surface area is 153 Å². The summed E-state index contributed by atoms with van der Waals surface area (Å²) in [5.41, 5.74) is 0.856. The summed E-state index contributed by atoms with van der Waals surface area (Å²) in [5, 5.41) is 14.2. The second-order valence-electron chi connectivity index (χ2n) is 6.28. The molecule has 5 nitrogen and oxygen atoms in total. The van der Waals surface area contributed by atoms with Crippen molar-refractivity contribution in [3.63, 3.8) is 0 Å². The number of amides is 1. The molecule has 2 unspecified atom stereocenters. The molecule has 25 heavy (non-hydrogen) atoms. The number of furan rings is 1. The SMILES string of the molecule is CCOC(O)C(C)(CCCCl)C(=O)NCCc1coc2ccccc12. The smallest absolute Gasteiger partial charge is 0.231 e. The van der Waals surface area contributed by atoms with Crippen LogP contribution in [0.15, 0.2) is 34.9 Å². The van der Waals surface area contributed by atoms with Gasteiger partial charge < -0.3 is 19.6 Å². The first-order valence-electron chi connectivity index (χ1n) is 8.62. The van der Waals surface area contributed by atoms with Crippen LogP contribution in [0.3, 0.4) is 0 Å². The largest absolute Gasteiger partial charge is 0.464 e. The highest BCUT2D eigenvalue weighted by atomic mass is 35.5. The molecule has 0 spiro atoms. The molecular formula is C19H26ClNO4. The maximum Gasteiger partial charge on any atom is 0.231 e. The van der Waals surface area contributed by atoms with E-state index in [2.05, 4.69) is 5.32 Å². The van der Waals surface area contributed by atoms with Crippen LogP contribution in [0.2, 0.25) is 0 Å². The monoisotopic (exact) mass is 367 g/mol. The topological polar surface area (TPSA) is 71.7 Å². The van der Waals surface area contributed by atoms with E-state index >= 15 is 0 Å². The number of alkyl halides is 1. The Morgan fingerprint density at radius 3 is 2.92 bits per heavy atom. The number of carbonyl (C=O) groups excluding carboxylic acids is 1. The first-order chi connectivity index (χ1) is 12.0. The van der Waals surface area contributed by atoms with Gasteiger partial charge in [-0.3, -0.25) is 4.79 Å². The Kier molecular flexibility index (Phi) is 7.29. The maximum absolute atomic E-state index is 12.7. The predicted molar refractivity (Wildman–Crippen MR) is 98.6 cm³/mol. The van der Waals surface area contributed by atoms with Crippen LogP contribution in [0, 0.1) is 5.41 Å². The van der Waals surface area contributed by atoms with E-state index in [1.165, 1.54) is 0 Å². The normalized spacial score (nSPS) is 15.0. The van der Waals surface area contributed by atoms with Gasteiger partial charge in [-0.1, -0.05) is 18.2 Å². The molecule has 0 radical (unpaired) electrons. The highest BCUT2D eigenvalue weighted by Crippen LogP contribution is 2.29. The molecule has 2 N–H and O–H groups in total. The lowest BCUT2D eigenvalue weighted by Gasteiger charge is -2.32. The maximum atomic E-state index is 12.7. The average Bonchev–Trinajstić information content (AvgIpc) is 3.03. The van der Waals surface area contributed by atoms with Crippen molar-refractivity contribution in [3.05, 3.63) is 36.1 Å². The number of aliphatic hydroxyl groups excluding tert-OH is 1. The third-order valence-corrected chi connectivity index (χ3v) is 4.73. The molecule has 0 aliphatic carbocycles. The first kappa shape index (κ1) is 19.8. The van der Waals surface area contributed by atoms with E-state index in [0.29, 0.717) is 38.3 Å². The standard InChI is InChI=1S/C19H26ClNO4/c1-3-24-18(23)19(2,10-6-11-20)17(22)21-12-9-14-13-25-16-8-5-4-7-15(14)16/h4-5,7-8,13,18,23H,3,6,9-12H2,1-2H3,(H,21,22). The van der Waals surface area contributed by atoms with Crippen LogP contribution in [0.1, 0.15) is 32.3 Å². The van der Waals surface area contributed by atoms with Crippen LogP contribution in [0.4, 0.5) is 0 Å². The zero-order chi connectivity index (χ0) is 18.3. The molecule has 0 bridgehead atoms. The third-order valence-electron chi connectivity index (χ3n) is 4.46. The number of fused-ring (bicyclic) bond motifs is 1. The lowest BCUT2D eigenvalue weighted by molar-refractivity contribution is -0.181. The minimum Gasteiger partial charge on any atom is -0.464 e. The van der Waals surface area contributed by atoms with Crippen molar-refractivity contribution >= 4 is 28.5 Å². The highest BCUT2D eigenvalue weighted by Gasteiger charge is 2.40. The van der Waals surface area contributed by atoms with E-state index in [9.17, 15) is 9.90 Å². The summed E-state index contributed by atoms with van der Waals surface area (Å²) < 4.78 is 10.8. The summed E-state index contributed by atoms with van der Waals surface area (Å²) >= 11 is 5.76. The van der Waals surface area contributed by atoms with Gasteiger partial charge in [0.1, 0.15) is 5.58 Å². The summed E-state index contributed by atoms with van der Waals surface area (Å²) in [6.07, 6.45) is 2.30. The average molecular weight is 368 g/mol. The quantitative estimate of drug-likeness (QED) is 0.498. The van der Waals surface area contributed by atoms with Gasteiger partial charge in [0.05, 0.1) is 11.7 Å². The van der Waals surface area contributed by atoms with Crippen molar-refractivity contribution < 1.29 is 19.1 Å². The number of benzene rings is 1. The second kappa shape index (κ2) is 9.22. The number of hydrogen-bond acceptors (Lipinski definition) is 4. The van der Waals surface area contributed by atoms with E-state index < -0.39 is 11.7 Å². The zero-order valence-corrected chi connectivity index (χ0v) is 15.5. The molecule has 2 rings (SSSR count). The third kappa shape index (κ3) is 4.75. The number of hydrogen-bond donors (Lipinski definition) is 2. The van der Waals surface area contributed by atoms with Crippen molar-refractivity contribution in [2.75, 3.05) is 19.0 Å². The van der Waals surface area contributed by atoms with Crippen molar-refractivity contribution in [2.45, 2.75) is 39.4 Å². The van der Waals surface area contributed by atoms with E-state index in [4.69, 9.17) is 20.8 Å². The molecule has 1 amide bonds. The molecule has 0 saturated carbocycles. The number of carbonyl (C=O) groups is 1. The van der Waals surface area contributed by atoms with E-state index in [1.807, 2.05) is 24.3 Å². The van der Waals surface area contributed by atoms with Crippen LogP contribution >= 0.6 is 11.6 Å². The van der Waals surface area contributed by atoms with Gasteiger partial charge in [0.25, 0.3) is 0 Å². The van der Waals surface area contributed by atoms with Crippen molar-refractivity contribution in [1.29, 1.82) is 0 Å². The predicted octanol–water partition coefficient (Wildman–Crippen LogP) is 3.47. The number of halogens is 1. The lowest BCUT2D eigenvalue weighted by Crippen LogP contribution is -2.48. The second-order valence-corrected chi connectivity index (χ2v) is 6.66. The molecule has 6 heteroatoms. The number of para-hydroxylation sites is 1. The van der Waals surface area contributed by atoms with Gasteiger partial charge in [-0.15, -0.1) is 11.6 Å². The van der Waals surface area contributed by atoms with Crippen molar-refractivity contribution in [3.8, 4) is 0 Å². The summed E-state index contributed by atoms with van der Waals surface area (Å²) in [7, 11) is 0. The number of ether oxygens (including phenoxy) is 1. The summed E-state index contributed by atoms with van der Waals surface area (Å²) in [5.74, 6) is 0.203. The Hall–Kier alpha value is -1.56. The summed E-state index contributed by atoms with van der Waals surface area (Å²) in [6, 6.07) is 7.80. The van der Waals surface area contributed by atoms with Gasteiger partial charge in [-0.2, -0.15) is 0 Å². The highest BCUT2D eigenvalue weighted by molar-refractivity contribution is 6.17. The fourth-order valence-corrected chi connectivity index (χ4v) is 3.00. The zero-order valence-electron chi connectivity index (χ0n) is 14.8. The van der Waals surface area contributed by atoms with Crippen LogP contribution in [-0.4, -0.2) is 36.3 Å². The van der Waals surface area contributed by atoms with Crippen LogP contribution in [0.25, 0.3) is 11.0 Å². The first-order valence-corrected chi connectivity index (χ1v) is 9.15. The van der Waals surface area contributed by atoms with E-state index in [0.717, 1.165) is 16.5 Å². The van der Waals surface area contributed by atoms with Crippen LogP contribution in [0.5, 0.6) is 0 Å². The minimum atomic E-state index is -1.16. The molecule has 1 aromatic heterocycles. The summed E-state index contributed by atoms with van der Waals surface area (Å²) in [6.45, 7) is 4.29. The molecule has 1 heterocycles. The molecule has 1 aromatic carbocycles. The number of rotatable bonds is 10. The number of nitrogens with one attached hydrogen (secondary N) is 1. The van der Waals surface area contributed by atoms with Gasteiger partial charge in [0.2, 0.25) is 5.91 Å². The molecular weight excluding hydrogens is 342 g/mol. The van der Waals surface area contributed by atoms with Crippen molar-refractivity contribution in [1.82, 2.24) is 5.32 Å². The number of aliphatic hydroxyl groups is 1.